The lowest BCUT2D eigenvalue weighted by Gasteiger charge is -2.21. The minimum absolute atomic E-state index is 1.07. The monoisotopic (exact) mass is 156 g/mol. The molecule has 0 atom stereocenters. The number of rotatable bonds is 6. The van der Waals surface area contributed by atoms with Gasteiger partial charge in [0, 0.05) is 20.1 Å². The lowest BCUT2D eigenvalue weighted by Crippen LogP contribution is -2.30. The molecular formula is C9H20N2. The third-order valence-electron chi connectivity index (χ3n) is 1.98. The zero-order valence-corrected chi connectivity index (χ0v) is 8.01. The van der Waals surface area contributed by atoms with Crippen LogP contribution in [0.4, 0.5) is 0 Å². The van der Waals surface area contributed by atoms with Crippen LogP contribution in [-0.2, 0) is 0 Å². The van der Waals surface area contributed by atoms with Gasteiger partial charge in [0.2, 0.25) is 0 Å². The summed E-state index contributed by atoms with van der Waals surface area (Å²) in [7, 11) is 2.05. The summed E-state index contributed by atoms with van der Waals surface area (Å²) in [6, 6.07) is 0. The van der Waals surface area contributed by atoms with E-state index in [1.54, 1.807) is 0 Å². The van der Waals surface area contributed by atoms with Gasteiger partial charge in [0.1, 0.15) is 0 Å². The van der Waals surface area contributed by atoms with E-state index in [1.165, 1.54) is 0 Å². The topological polar surface area (TPSA) is 6.48 Å². The van der Waals surface area contributed by atoms with Crippen molar-refractivity contribution in [2.24, 2.45) is 0 Å². The van der Waals surface area contributed by atoms with Crippen LogP contribution in [-0.4, -0.2) is 43.0 Å². The summed E-state index contributed by atoms with van der Waals surface area (Å²) in [5.41, 5.74) is 0. The van der Waals surface area contributed by atoms with Gasteiger partial charge in [-0.25, -0.2) is 0 Å². The smallest absolute Gasteiger partial charge is 0.0296 e. The standard InChI is InChI=1S/C9H20N2/c1-5-10(4)8-9-11(6-2)7-3/h5H,1,6-9H2,2-4H3. The van der Waals surface area contributed by atoms with Gasteiger partial charge in [0.15, 0.2) is 0 Å². The van der Waals surface area contributed by atoms with E-state index >= 15 is 0 Å². The SMILES string of the molecule is C=CN(C)CCN(CC)CC. The fraction of sp³-hybridized carbons (Fsp3) is 0.778. The summed E-state index contributed by atoms with van der Waals surface area (Å²) in [6.45, 7) is 12.6. The summed E-state index contributed by atoms with van der Waals surface area (Å²) in [5.74, 6) is 0. The van der Waals surface area contributed by atoms with E-state index < -0.39 is 0 Å². The summed E-state index contributed by atoms with van der Waals surface area (Å²) < 4.78 is 0. The molecule has 0 N–H and O–H groups in total. The van der Waals surface area contributed by atoms with Crippen molar-refractivity contribution >= 4 is 0 Å². The Morgan fingerprint density at radius 3 is 2.09 bits per heavy atom. The highest BCUT2D eigenvalue weighted by atomic mass is 15.2. The molecule has 0 radical (unpaired) electrons. The minimum atomic E-state index is 1.07. The molecule has 0 aliphatic carbocycles. The fourth-order valence-electron chi connectivity index (χ4n) is 0.930. The molecule has 0 aliphatic rings. The first-order valence-electron chi connectivity index (χ1n) is 4.29. The molecule has 0 aliphatic heterocycles. The molecular weight excluding hydrogens is 136 g/mol. The van der Waals surface area contributed by atoms with Crippen molar-refractivity contribution in [3.8, 4) is 0 Å². The van der Waals surface area contributed by atoms with Crippen molar-refractivity contribution in [3.63, 3.8) is 0 Å². The first-order valence-corrected chi connectivity index (χ1v) is 4.29. The van der Waals surface area contributed by atoms with Crippen LogP contribution in [0.25, 0.3) is 0 Å². The summed E-state index contributed by atoms with van der Waals surface area (Å²) >= 11 is 0. The van der Waals surface area contributed by atoms with Crippen molar-refractivity contribution in [3.05, 3.63) is 12.8 Å². The van der Waals surface area contributed by atoms with Gasteiger partial charge in [-0.15, -0.1) is 0 Å². The molecule has 0 rings (SSSR count). The van der Waals surface area contributed by atoms with Crippen LogP contribution in [0, 0.1) is 0 Å². The van der Waals surface area contributed by atoms with E-state index in [0.717, 1.165) is 26.2 Å². The van der Waals surface area contributed by atoms with Gasteiger partial charge in [0.05, 0.1) is 0 Å². The van der Waals surface area contributed by atoms with Gasteiger partial charge in [-0.1, -0.05) is 20.4 Å². The Morgan fingerprint density at radius 1 is 1.18 bits per heavy atom. The van der Waals surface area contributed by atoms with Crippen molar-refractivity contribution in [1.29, 1.82) is 0 Å². The zero-order chi connectivity index (χ0) is 8.69. The van der Waals surface area contributed by atoms with E-state index in [9.17, 15) is 0 Å². The number of hydrogen-bond acceptors (Lipinski definition) is 2. The molecule has 2 nitrogen and oxygen atoms in total. The molecule has 0 amide bonds. The highest BCUT2D eigenvalue weighted by Crippen LogP contribution is 1.88. The normalized spacial score (nSPS) is 10.2. The third kappa shape index (κ3) is 4.85. The summed E-state index contributed by atoms with van der Waals surface area (Å²) in [6.07, 6.45) is 1.86. The number of nitrogens with zero attached hydrogens (tertiary/aromatic N) is 2. The van der Waals surface area contributed by atoms with Crippen molar-refractivity contribution in [2.45, 2.75) is 13.8 Å². The molecule has 0 saturated heterocycles. The van der Waals surface area contributed by atoms with E-state index in [-0.39, 0.29) is 0 Å². The molecule has 0 fully saturated rings. The second kappa shape index (κ2) is 6.23. The van der Waals surface area contributed by atoms with E-state index in [0.29, 0.717) is 0 Å². The van der Waals surface area contributed by atoms with Crippen molar-refractivity contribution in [1.82, 2.24) is 9.80 Å². The van der Waals surface area contributed by atoms with Gasteiger partial charge in [-0.2, -0.15) is 0 Å². The average molecular weight is 156 g/mol. The molecule has 0 heterocycles. The van der Waals surface area contributed by atoms with Gasteiger partial charge < -0.3 is 9.80 Å². The molecule has 0 aromatic heterocycles. The third-order valence-corrected chi connectivity index (χ3v) is 1.98. The molecule has 0 bridgehead atoms. The average Bonchev–Trinajstić information content (AvgIpc) is 2.06. The van der Waals surface area contributed by atoms with Crippen LogP contribution in [0.1, 0.15) is 13.8 Å². The predicted molar refractivity (Wildman–Crippen MR) is 50.6 cm³/mol. The molecule has 11 heavy (non-hydrogen) atoms. The van der Waals surface area contributed by atoms with Crippen LogP contribution in [0.3, 0.4) is 0 Å². The Balaban J connectivity index is 3.41. The lowest BCUT2D eigenvalue weighted by atomic mass is 10.4. The molecule has 0 aromatic carbocycles. The molecule has 66 valence electrons. The van der Waals surface area contributed by atoms with E-state index in [1.807, 2.05) is 6.20 Å². The lowest BCUT2D eigenvalue weighted by molar-refractivity contribution is 0.272. The Bertz CT molecular complexity index is 97.7. The van der Waals surface area contributed by atoms with Gasteiger partial charge in [-0.3, -0.25) is 0 Å². The van der Waals surface area contributed by atoms with E-state index in [2.05, 4.69) is 37.3 Å². The van der Waals surface area contributed by atoms with Crippen LogP contribution >= 0.6 is 0 Å². The van der Waals surface area contributed by atoms with Crippen LogP contribution in [0.2, 0.25) is 0 Å². The maximum absolute atomic E-state index is 3.70. The first-order chi connectivity index (χ1) is 5.24. The van der Waals surface area contributed by atoms with Crippen LogP contribution in [0.5, 0.6) is 0 Å². The molecule has 2 heteroatoms. The van der Waals surface area contributed by atoms with Crippen molar-refractivity contribution in [2.75, 3.05) is 33.2 Å². The van der Waals surface area contributed by atoms with E-state index in [4.69, 9.17) is 0 Å². The van der Waals surface area contributed by atoms with Gasteiger partial charge in [-0.05, 0) is 19.3 Å². The molecule has 0 unspecified atom stereocenters. The predicted octanol–water partition coefficient (Wildman–Crippen LogP) is 1.40. The fourth-order valence-corrected chi connectivity index (χ4v) is 0.930. The highest BCUT2D eigenvalue weighted by molar-refractivity contribution is 4.67. The van der Waals surface area contributed by atoms with Crippen molar-refractivity contribution < 1.29 is 0 Å². The second-order valence-electron chi connectivity index (χ2n) is 2.69. The second-order valence-corrected chi connectivity index (χ2v) is 2.69. The zero-order valence-electron chi connectivity index (χ0n) is 8.01. The maximum Gasteiger partial charge on any atom is 0.0296 e. The maximum atomic E-state index is 3.70. The Kier molecular flexibility index (Phi) is 5.94. The van der Waals surface area contributed by atoms with Gasteiger partial charge in [0.25, 0.3) is 0 Å². The first kappa shape index (κ1) is 10.5. The molecule has 0 saturated carbocycles. The summed E-state index contributed by atoms with van der Waals surface area (Å²) in [5, 5.41) is 0. The summed E-state index contributed by atoms with van der Waals surface area (Å²) in [4.78, 5) is 4.51. The molecule has 0 aromatic rings. The Morgan fingerprint density at radius 2 is 1.73 bits per heavy atom. The number of likely N-dealkylation sites (N-methyl/N-ethyl adjacent to an activating group) is 2. The van der Waals surface area contributed by atoms with Crippen LogP contribution < -0.4 is 0 Å². The highest BCUT2D eigenvalue weighted by Gasteiger charge is 1.98. The molecule has 0 spiro atoms. The van der Waals surface area contributed by atoms with Gasteiger partial charge >= 0.3 is 0 Å². The Labute approximate surface area is 70.5 Å². The number of hydrogen-bond donors (Lipinski definition) is 0. The quantitative estimate of drug-likeness (QED) is 0.573. The Hall–Kier alpha value is -0.500. The van der Waals surface area contributed by atoms with Crippen LogP contribution in [0.15, 0.2) is 12.8 Å². The minimum Gasteiger partial charge on any atom is -0.380 e. The largest absolute Gasteiger partial charge is 0.380 e.